The van der Waals surface area contributed by atoms with Crippen LogP contribution in [0.25, 0.3) is 116 Å². The van der Waals surface area contributed by atoms with E-state index in [2.05, 4.69) is 187 Å². The zero-order valence-electron chi connectivity index (χ0n) is 33.1. The van der Waals surface area contributed by atoms with E-state index in [4.69, 9.17) is 15.0 Å². The molecule has 0 amide bonds. The van der Waals surface area contributed by atoms with Crippen LogP contribution >= 0.6 is 0 Å². The van der Waals surface area contributed by atoms with Gasteiger partial charge in [0.15, 0.2) is 17.5 Å². The molecule has 12 rings (SSSR count). The summed E-state index contributed by atoms with van der Waals surface area (Å²) in [4.78, 5) is 15.7. The van der Waals surface area contributed by atoms with Gasteiger partial charge < -0.3 is 4.57 Å². The molecule has 0 aliphatic heterocycles. The fourth-order valence-electron chi connectivity index (χ4n) is 9.04. The Morgan fingerprint density at radius 1 is 0.262 bits per heavy atom. The molecule has 0 aliphatic carbocycles. The molecule has 2 heterocycles. The van der Waals surface area contributed by atoms with Crippen LogP contribution in [0.5, 0.6) is 0 Å². The van der Waals surface area contributed by atoms with E-state index >= 15 is 0 Å². The molecule has 0 radical (unpaired) electrons. The number of fused-ring (bicyclic) bond motifs is 6. The Morgan fingerprint density at radius 2 is 0.689 bits per heavy atom. The summed E-state index contributed by atoms with van der Waals surface area (Å²) in [5, 5.41) is 9.42. The van der Waals surface area contributed by atoms with Gasteiger partial charge in [-0.25, -0.2) is 15.0 Å². The van der Waals surface area contributed by atoms with Crippen molar-refractivity contribution in [1.29, 1.82) is 0 Å². The fourth-order valence-corrected chi connectivity index (χ4v) is 9.04. The maximum Gasteiger partial charge on any atom is 0.164 e. The monoisotopic (exact) mass is 776 g/mol. The first-order chi connectivity index (χ1) is 30.2. The topological polar surface area (TPSA) is 43.6 Å². The van der Waals surface area contributed by atoms with Crippen molar-refractivity contribution in [3.63, 3.8) is 0 Å². The SMILES string of the molecule is c1ccc(-c2ccc3c(-n4c5cc6ccccc6cc5c5cc6ccccc6cc54)c(-c4ccccc4)cc(-c4nc(-c5ccccc5)nc(-c5ccccc5)n4)c3c2)cc1. The number of rotatable bonds is 6. The van der Waals surface area contributed by atoms with Crippen molar-refractivity contribution >= 4 is 54.1 Å². The third kappa shape index (κ3) is 5.96. The molecular weight excluding hydrogens is 741 g/mol. The average Bonchev–Trinajstić information content (AvgIpc) is 3.63. The maximum atomic E-state index is 5.32. The lowest BCUT2D eigenvalue weighted by molar-refractivity contribution is 1.08. The summed E-state index contributed by atoms with van der Waals surface area (Å²) in [5.74, 6) is 1.87. The van der Waals surface area contributed by atoms with Gasteiger partial charge in [0.05, 0.1) is 16.7 Å². The van der Waals surface area contributed by atoms with E-state index in [0.717, 1.165) is 66.4 Å². The highest BCUT2D eigenvalue weighted by molar-refractivity contribution is 6.19. The molecule has 284 valence electrons. The second-order valence-electron chi connectivity index (χ2n) is 15.6. The van der Waals surface area contributed by atoms with E-state index in [1.54, 1.807) is 0 Å². The van der Waals surface area contributed by atoms with Gasteiger partial charge in [-0.3, -0.25) is 0 Å². The van der Waals surface area contributed by atoms with Crippen molar-refractivity contribution in [3.8, 4) is 62.1 Å². The number of hydrogen-bond donors (Lipinski definition) is 0. The minimum atomic E-state index is 0.617. The first-order valence-corrected chi connectivity index (χ1v) is 20.7. The third-order valence-electron chi connectivity index (χ3n) is 12.0. The lowest BCUT2D eigenvalue weighted by Gasteiger charge is -2.21. The highest BCUT2D eigenvalue weighted by atomic mass is 15.0. The smallest absolute Gasteiger partial charge is 0.164 e. The third-order valence-corrected chi connectivity index (χ3v) is 12.0. The maximum absolute atomic E-state index is 5.32. The Hall–Kier alpha value is -8.21. The van der Waals surface area contributed by atoms with Gasteiger partial charge >= 0.3 is 0 Å². The van der Waals surface area contributed by atoms with E-state index in [1.807, 2.05) is 36.4 Å². The largest absolute Gasteiger partial charge is 0.308 e. The first kappa shape index (κ1) is 34.8. The summed E-state index contributed by atoms with van der Waals surface area (Å²) in [5.41, 5.74) is 10.7. The van der Waals surface area contributed by atoms with Crippen molar-refractivity contribution in [2.75, 3.05) is 0 Å². The van der Waals surface area contributed by atoms with E-state index in [1.165, 1.54) is 32.3 Å². The molecule has 0 spiro atoms. The zero-order chi connectivity index (χ0) is 40.3. The highest BCUT2D eigenvalue weighted by Crippen LogP contribution is 2.46. The van der Waals surface area contributed by atoms with Gasteiger partial charge in [0.25, 0.3) is 0 Å². The summed E-state index contributed by atoms with van der Waals surface area (Å²) < 4.78 is 2.51. The van der Waals surface area contributed by atoms with Crippen molar-refractivity contribution in [3.05, 3.63) is 218 Å². The molecule has 0 atom stereocenters. The predicted molar refractivity (Wildman–Crippen MR) is 254 cm³/mol. The van der Waals surface area contributed by atoms with Crippen LogP contribution in [0, 0.1) is 0 Å². The molecule has 61 heavy (non-hydrogen) atoms. The Balaban J connectivity index is 1.26. The summed E-state index contributed by atoms with van der Waals surface area (Å²) in [6.45, 7) is 0. The van der Waals surface area contributed by atoms with Gasteiger partial charge in [-0.05, 0) is 80.0 Å². The molecule has 4 nitrogen and oxygen atoms in total. The van der Waals surface area contributed by atoms with Gasteiger partial charge in [0, 0.05) is 38.4 Å². The van der Waals surface area contributed by atoms with Crippen molar-refractivity contribution in [2.45, 2.75) is 0 Å². The molecule has 0 saturated heterocycles. The molecule has 12 aromatic rings. The Bertz CT molecular complexity index is 3470. The number of hydrogen-bond acceptors (Lipinski definition) is 3. The van der Waals surface area contributed by atoms with Crippen LogP contribution in [0.4, 0.5) is 0 Å². The second kappa shape index (κ2) is 14.3. The van der Waals surface area contributed by atoms with Crippen LogP contribution in [-0.2, 0) is 0 Å². The molecule has 2 aromatic heterocycles. The Kier molecular flexibility index (Phi) is 8.13. The Morgan fingerprint density at radius 3 is 1.20 bits per heavy atom. The van der Waals surface area contributed by atoms with Crippen LogP contribution in [0.1, 0.15) is 0 Å². The van der Waals surface area contributed by atoms with E-state index < -0.39 is 0 Å². The molecule has 0 N–H and O–H groups in total. The van der Waals surface area contributed by atoms with Crippen LogP contribution in [-0.4, -0.2) is 19.5 Å². The van der Waals surface area contributed by atoms with E-state index in [0.29, 0.717) is 17.5 Å². The number of nitrogens with zero attached hydrogens (tertiary/aromatic N) is 4. The van der Waals surface area contributed by atoms with E-state index in [9.17, 15) is 0 Å². The van der Waals surface area contributed by atoms with E-state index in [-0.39, 0.29) is 0 Å². The average molecular weight is 777 g/mol. The highest BCUT2D eigenvalue weighted by Gasteiger charge is 2.24. The van der Waals surface area contributed by atoms with Crippen LogP contribution in [0.2, 0.25) is 0 Å². The quantitative estimate of drug-likeness (QED) is 0.169. The molecular formula is C57H36N4. The minimum absolute atomic E-state index is 0.617. The number of aromatic nitrogens is 4. The van der Waals surface area contributed by atoms with Crippen LogP contribution in [0.15, 0.2) is 218 Å². The van der Waals surface area contributed by atoms with Crippen molar-refractivity contribution in [2.24, 2.45) is 0 Å². The van der Waals surface area contributed by atoms with Crippen LogP contribution in [0.3, 0.4) is 0 Å². The molecule has 0 bridgehead atoms. The predicted octanol–water partition coefficient (Wildman–Crippen LogP) is 14.8. The first-order valence-electron chi connectivity index (χ1n) is 20.7. The molecule has 0 saturated carbocycles. The summed E-state index contributed by atoms with van der Waals surface area (Å²) >= 11 is 0. The molecule has 0 fully saturated rings. The molecule has 10 aromatic carbocycles. The molecule has 0 aliphatic rings. The summed E-state index contributed by atoms with van der Waals surface area (Å²) in [6.07, 6.45) is 0. The zero-order valence-corrected chi connectivity index (χ0v) is 33.1. The van der Waals surface area contributed by atoms with Gasteiger partial charge in [-0.15, -0.1) is 0 Å². The lowest BCUT2D eigenvalue weighted by Crippen LogP contribution is -2.04. The molecule has 0 unspecified atom stereocenters. The van der Waals surface area contributed by atoms with Gasteiger partial charge in [-0.2, -0.15) is 0 Å². The van der Waals surface area contributed by atoms with Crippen LogP contribution < -0.4 is 0 Å². The standard InChI is InChI=1S/C57H36N4/c1-5-17-37(18-6-1)45-29-30-46-48(31-45)51(57-59-55(39-21-9-3-10-22-39)58-56(60-57)40-23-11-4-12-24-40)36-47(38-19-7-2-8-20-38)54(46)61-52-34-43-27-15-13-25-41(43)32-49(52)50-33-42-26-14-16-28-44(42)35-53(50)61/h1-36H. The normalized spacial score (nSPS) is 11.6. The second-order valence-corrected chi connectivity index (χ2v) is 15.6. The van der Waals surface area contributed by atoms with Gasteiger partial charge in [0.1, 0.15) is 0 Å². The van der Waals surface area contributed by atoms with Gasteiger partial charge in [0.2, 0.25) is 0 Å². The summed E-state index contributed by atoms with van der Waals surface area (Å²) in [6, 6.07) is 77.8. The lowest BCUT2D eigenvalue weighted by atomic mass is 9.91. The van der Waals surface area contributed by atoms with Gasteiger partial charge in [-0.1, -0.05) is 182 Å². The number of benzene rings is 10. The minimum Gasteiger partial charge on any atom is -0.308 e. The molecule has 4 heteroatoms. The fraction of sp³-hybridized carbons (Fsp3) is 0. The van der Waals surface area contributed by atoms with Crippen molar-refractivity contribution < 1.29 is 0 Å². The summed E-state index contributed by atoms with van der Waals surface area (Å²) in [7, 11) is 0. The van der Waals surface area contributed by atoms with Crippen molar-refractivity contribution in [1.82, 2.24) is 19.5 Å². The Labute approximate surface area is 352 Å².